The van der Waals surface area contributed by atoms with E-state index in [1.165, 1.54) is 35.2 Å². The molecule has 5 rings (SSSR count). The SMILES string of the molecule is O=[N+]([O-])c1ccc(CCOP(=O)(OCCc2ccc([N+](=O)[O-])cc2)O[C@H]2C[C@H](n3cnc4c(F)ncnc43)O[C@@H]2CO)cc1. The van der Waals surface area contributed by atoms with Gasteiger partial charge in [-0.3, -0.25) is 38.4 Å². The second kappa shape index (κ2) is 13.6. The summed E-state index contributed by atoms with van der Waals surface area (Å²) < 4.78 is 52.4. The molecular weight excluding hydrogens is 606 g/mol. The number of nitro groups is 2. The van der Waals surface area contributed by atoms with Gasteiger partial charge in [0.25, 0.3) is 11.4 Å². The number of aliphatic hydroxyl groups excluding tert-OH is 1. The fourth-order valence-electron chi connectivity index (χ4n) is 4.56. The molecule has 3 atom stereocenters. The number of aliphatic hydroxyl groups is 1. The van der Waals surface area contributed by atoms with Gasteiger partial charge >= 0.3 is 7.82 Å². The highest BCUT2D eigenvalue weighted by molar-refractivity contribution is 7.48. The number of nitrogens with zero attached hydrogens (tertiary/aromatic N) is 6. The fourth-order valence-corrected chi connectivity index (χ4v) is 5.94. The Morgan fingerprint density at radius 2 is 1.52 bits per heavy atom. The van der Waals surface area contributed by atoms with E-state index in [1.807, 2.05) is 0 Å². The minimum absolute atomic E-state index is 0.0454. The first-order valence-corrected chi connectivity index (χ1v) is 14.8. The molecule has 16 nitrogen and oxygen atoms in total. The monoisotopic (exact) mass is 632 g/mol. The summed E-state index contributed by atoms with van der Waals surface area (Å²) in [6.45, 7) is -0.797. The van der Waals surface area contributed by atoms with E-state index in [9.17, 15) is 34.3 Å². The molecule has 1 aliphatic rings. The lowest BCUT2D eigenvalue weighted by atomic mass is 10.1. The van der Waals surface area contributed by atoms with E-state index >= 15 is 0 Å². The van der Waals surface area contributed by atoms with Crippen LogP contribution in [0.3, 0.4) is 0 Å². The molecule has 232 valence electrons. The van der Waals surface area contributed by atoms with Crippen molar-refractivity contribution in [3.05, 3.63) is 98.5 Å². The quantitative estimate of drug-likeness (QED) is 0.0902. The Bertz CT molecular complexity index is 1600. The molecule has 1 aliphatic heterocycles. The van der Waals surface area contributed by atoms with E-state index in [0.717, 1.165) is 6.33 Å². The van der Waals surface area contributed by atoms with E-state index in [4.69, 9.17) is 18.3 Å². The maximum atomic E-state index is 14.1. The summed E-state index contributed by atoms with van der Waals surface area (Å²) >= 11 is 0. The Hall–Kier alpha value is -4.25. The zero-order chi connectivity index (χ0) is 31.3. The summed E-state index contributed by atoms with van der Waals surface area (Å²) in [4.78, 5) is 32.3. The summed E-state index contributed by atoms with van der Waals surface area (Å²) in [5, 5.41) is 31.8. The topological polar surface area (TPSA) is 204 Å². The molecule has 0 saturated carbocycles. The first-order valence-electron chi connectivity index (χ1n) is 13.3. The van der Waals surface area contributed by atoms with Crippen molar-refractivity contribution in [3.63, 3.8) is 0 Å². The van der Waals surface area contributed by atoms with Gasteiger partial charge in [-0.05, 0) is 24.0 Å². The highest BCUT2D eigenvalue weighted by Gasteiger charge is 2.43. The van der Waals surface area contributed by atoms with Gasteiger partial charge in [0.2, 0.25) is 5.95 Å². The normalized spacial score (nSPS) is 18.5. The number of nitro benzene ring substituents is 2. The third-order valence-corrected chi connectivity index (χ3v) is 8.35. The molecule has 0 spiro atoms. The van der Waals surface area contributed by atoms with Gasteiger partial charge in [-0.2, -0.15) is 4.39 Å². The number of phosphoric ester groups is 1. The number of imidazole rings is 1. The molecule has 0 radical (unpaired) electrons. The molecule has 1 fully saturated rings. The van der Waals surface area contributed by atoms with Crippen LogP contribution in [0.15, 0.2) is 61.2 Å². The number of benzene rings is 2. The van der Waals surface area contributed by atoms with Crippen LogP contribution in [0.2, 0.25) is 0 Å². The van der Waals surface area contributed by atoms with Crippen LogP contribution in [0, 0.1) is 26.2 Å². The van der Waals surface area contributed by atoms with E-state index in [0.29, 0.717) is 11.1 Å². The average Bonchev–Trinajstić information content (AvgIpc) is 3.62. The number of phosphoric acid groups is 1. The van der Waals surface area contributed by atoms with Crippen molar-refractivity contribution in [3.8, 4) is 0 Å². The molecule has 0 bridgehead atoms. The smallest absolute Gasteiger partial charge is 0.394 e. The van der Waals surface area contributed by atoms with Crippen LogP contribution in [0.5, 0.6) is 0 Å². The third-order valence-electron chi connectivity index (χ3n) is 6.82. The predicted molar refractivity (Wildman–Crippen MR) is 149 cm³/mol. The summed E-state index contributed by atoms with van der Waals surface area (Å²) in [7, 11) is -4.32. The number of ether oxygens (including phenoxy) is 1. The zero-order valence-corrected chi connectivity index (χ0v) is 23.8. The molecule has 2 aromatic carbocycles. The molecular formula is C26H26FN6O10P. The van der Waals surface area contributed by atoms with Gasteiger partial charge in [-0.25, -0.2) is 19.5 Å². The predicted octanol–water partition coefficient (Wildman–Crippen LogP) is 4.07. The van der Waals surface area contributed by atoms with Crippen LogP contribution in [-0.4, -0.2) is 66.5 Å². The van der Waals surface area contributed by atoms with E-state index in [-0.39, 0.29) is 55.0 Å². The molecule has 0 amide bonds. The summed E-state index contributed by atoms with van der Waals surface area (Å²) in [6, 6.07) is 11.5. The van der Waals surface area contributed by atoms with Gasteiger partial charge in [0.15, 0.2) is 11.2 Å². The lowest BCUT2D eigenvalue weighted by molar-refractivity contribution is -0.385. The number of non-ortho nitro benzene ring substituents is 2. The first-order chi connectivity index (χ1) is 21.2. The molecule has 0 unspecified atom stereocenters. The maximum Gasteiger partial charge on any atom is 0.475 e. The number of aromatic nitrogens is 4. The molecule has 1 saturated heterocycles. The van der Waals surface area contributed by atoms with Crippen molar-refractivity contribution >= 4 is 30.4 Å². The molecule has 18 heteroatoms. The minimum Gasteiger partial charge on any atom is -0.394 e. The molecule has 1 N–H and O–H groups in total. The number of rotatable bonds is 14. The highest BCUT2D eigenvalue weighted by Crippen LogP contribution is 2.53. The lowest BCUT2D eigenvalue weighted by Gasteiger charge is -2.23. The van der Waals surface area contributed by atoms with Crippen LogP contribution in [-0.2, 0) is 35.7 Å². The summed E-state index contributed by atoms with van der Waals surface area (Å²) in [5.41, 5.74) is 1.27. The zero-order valence-electron chi connectivity index (χ0n) is 22.9. The standard InChI is InChI=1S/C26H26FN6O10P/c27-25-24-26(29-15-28-25)31(16-30-24)23-13-21(22(14-34)42-23)43-44(39,40-11-9-17-1-5-19(6-2-17)32(35)36)41-12-10-18-3-7-20(8-4-18)33(37)38/h1-8,15-16,21-23,34H,9-14H2/t21-,22+,23+/m0/s1. The Kier molecular flexibility index (Phi) is 9.63. The fraction of sp³-hybridized carbons (Fsp3) is 0.346. The van der Waals surface area contributed by atoms with Gasteiger partial charge in [-0.15, -0.1) is 0 Å². The molecule has 2 aromatic heterocycles. The van der Waals surface area contributed by atoms with Gasteiger partial charge < -0.3 is 9.84 Å². The van der Waals surface area contributed by atoms with Gasteiger partial charge in [0.05, 0.1) is 36.0 Å². The molecule has 3 heterocycles. The Labute approximate surface area is 248 Å². The van der Waals surface area contributed by atoms with Gasteiger partial charge in [0.1, 0.15) is 24.8 Å². The first kappa shape index (κ1) is 31.2. The number of halogens is 1. The van der Waals surface area contributed by atoms with Crippen LogP contribution >= 0.6 is 7.82 Å². The second-order valence-corrected chi connectivity index (χ2v) is 11.3. The van der Waals surface area contributed by atoms with E-state index < -0.39 is 48.7 Å². The van der Waals surface area contributed by atoms with Crippen molar-refractivity contribution in [2.75, 3.05) is 19.8 Å². The summed E-state index contributed by atoms with van der Waals surface area (Å²) in [6.07, 6.45) is 0.0633. The maximum absolute atomic E-state index is 14.1. The van der Waals surface area contributed by atoms with Crippen LogP contribution in [0.4, 0.5) is 15.8 Å². The van der Waals surface area contributed by atoms with Gasteiger partial charge in [-0.1, -0.05) is 24.3 Å². The average molecular weight is 632 g/mol. The van der Waals surface area contributed by atoms with Gasteiger partial charge in [0, 0.05) is 30.7 Å². The van der Waals surface area contributed by atoms with Crippen LogP contribution in [0.1, 0.15) is 23.8 Å². The lowest BCUT2D eigenvalue weighted by Crippen LogP contribution is -2.27. The Morgan fingerprint density at radius 1 is 0.955 bits per heavy atom. The minimum atomic E-state index is -4.32. The summed E-state index contributed by atoms with van der Waals surface area (Å²) in [5.74, 6) is -0.814. The van der Waals surface area contributed by atoms with Crippen LogP contribution < -0.4 is 0 Å². The largest absolute Gasteiger partial charge is 0.475 e. The Balaban J connectivity index is 1.28. The Morgan fingerprint density at radius 3 is 2.05 bits per heavy atom. The van der Waals surface area contributed by atoms with Crippen molar-refractivity contribution < 1.29 is 42.2 Å². The van der Waals surface area contributed by atoms with E-state index in [2.05, 4.69) is 15.0 Å². The molecule has 44 heavy (non-hydrogen) atoms. The van der Waals surface area contributed by atoms with Crippen molar-refractivity contribution in [2.45, 2.75) is 37.7 Å². The molecule has 0 aliphatic carbocycles. The van der Waals surface area contributed by atoms with Crippen molar-refractivity contribution in [2.24, 2.45) is 0 Å². The van der Waals surface area contributed by atoms with Crippen molar-refractivity contribution in [1.82, 2.24) is 19.5 Å². The van der Waals surface area contributed by atoms with Crippen molar-refractivity contribution in [1.29, 1.82) is 0 Å². The number of hydrogen-bond donors (Lipinski definition) is 1. The van der Waals surface area contributed by atoms with E-state index in [1.54, 1.807) is 24.3 Å². The molecule has 4 aromatic rings. The third kappa shape index (κ3) is 7.27. The highest BCUT2D eigenvalue weighted by atomic mass is 31.2. The number of fused-ring (bicyclic) bond motifs is 1. The second-order valence-electron chi connectivity index (χ2n) is 9.64. The van der Waals surface area contributed by atoms with Crippen LogP contribution in [0.25, 0.3) is 11.2 Å². The number of hydrogen-bond acceptors (Lipinski definition) is 13.